The van der Waals surface area contributed by atoms with Crippen LogP contribution >= 0.6 is 0 Å². The van der Waals surface area contributed by atoms with Crippen LogP contribution in [0.4, 0.5) is 5.69 Å². The number of nitrogens with zero attached hydrogens (tertiary/aromatic N) is 3. The van der Waals surface area contributed by atoms with Crippen molar-refractivity contribution in [1.82, 2.24) is 14.7 Å². The Kier molecular flexibility index (Phi) is 4.16. The molecule has 17 heavy (non-hydrogen) atoms. The van der Waals surface area contributed by atoms with Gasteiger partial charge in [0.2, 0.25) is 0 Å². The highest BCUT2D eigenvalue weighted by Gasteiger charge is 2.22. The minimum absolute atomic E-state index is 0.162. The van der Waals surface area contributed by atoms with Crippen LogP contribution in [-0.2, 0) is 7.05 Å². The number of terminal acetylenes is 1. The van der Waals surface area contributed by atoms with E-state index in [-0.39, 0.29) is 12.5 Å². The molecule has 0 aliphatic rings. The normalized spacial score (nSPS) is 10.0. The molecular weight excluding hydrogens is 216 g/mol. The highest BCUT2D eigenvalue weighted by molar-refractivity contribution is 5.98. The van der Waals surface area contributed by atoms with E-state index in [1.165, 1.54) is 4.68 Å². The van der Waals surface area contributed by atoms with Crippen LogP contribution in [0.1, 0.15) is 29.5 Å². The van der Waals surface area contributed by atoms with Crippen LogP contribution in [0.15, 0.2) is 0 Å². The van der Waals surface area contributed by atoms with Gasteiger partial charge in [0, 0.05) is 13.6 Å². The molecule has 0 bridgehead atoms. The third-order valence-corrected chi connectivity index (χ3v) is 2.53. The van der Waals surface area contributed by atoms with Crippen molar-refractivity contribution in [3.8, 4) is 12.3 Å². The van der Waals surface area contributed by atoms with Crippen molar-refractivity contribution in [2.75, 3.05) is 18.8 Å². The first kappa shape index (κ1) is 13.1. The smallest absolute Gasteiger partial charge is 0.275 e. The molecule has 0 radical (unpaired) electrons. The Morgan fingerprint density at radius 3 is 2.71 bits per heavy atom. The second kappa shape index (κ2) is 5.39. The van der Waals surface area contributed by atoms with E-state index in [0.29, 0.717) is 23.6 Å². The molecule has 0 unspecified atom stereocenters. The predicted octanol–water partition coefficient (Wildman–Crippen LogP) is 0.796. The van der Waals surface area contributed by atoms with Crippen molar-refractivity contribution in [2.24, 2.45) is 7.05 Å². The summed E-state index contributed by atoms with van der Waals surface area (Å²) in [4.78, 5) is 13.9. The molecule has 5 nitrogen and oxygen atoms in total. The Morgan fingerprint density at radius 1 is 1.65 bits per heavy atom. The quantitative estimate of drug-likeness (QED) is 0.784. The summed E-state index contributed by atoms with van der Waals surface area (Å²) in [5.41, 5.74) is 7.35. The third-order valence-electron chi connectivity index (χ3n) is 2.53. The molecule has 1 heterocycles. The highest BCUT2D eigenvalue weighted by Crippen LogP contribution is 2.17. The third kappa shape index (κ3) is 2.59. The fourth-order valence-electron chi connectivity index (χ4n) is 1.71. The average molecular weight is 234 g/mol. The van der Waals surface area contributed by atoms with Crippen molar-refractivity contribution < 1.29 is 4.79 Å². The average Bonchev–Trinajstić information content (AvgIpc) is 2.52. The number of hydrogen-bond donors (Lipinski definition) is 1. The predicted molar refractivity (Wildman–Crippen MR) is 67.4 cm³/mol. The van der Waals surface area contributed by atoms with Gasteiger partial charge in [-0.25, -0.2) is 0 Å². The number of carbonyl (C=O) groups is 1. The number of anilines is 1. The Morgan fingerprint density at radius 2 is 2.29 bits per heavy atom. The van der Waals surface area contributed by atoms with Crippen molar-refractivity contribution >= 4 is 11.6 Å². The summed E-state index contributed by atoms with van der Waals surface area (Å²) in [6, 6.07) is 0. The number of hydrogen-bond acceptors (Lipinski definition) is 3. The molecule has 0 aliphatic carbocycles. The first-order valence-corrected chi connectivity index (χ1v) is 5.54. The number of nitrogens with two attached hydrogens (primary N) is 1. The van der Waals surface area contributed by atoms with Crippen molar-refractivity contribution in [2.45, 2.75) is 20.3 Å². The van der Waals surface area contributed by atoms with Crippen molar-refractivity contribution in [1.29, 1.82) is 0 Å². The molecule has 1 aromatic heterocycles. The van der Waals surface area contributed by atoms with Crippen molar-refractivity contribution in [3.63, 3.8) is 0 Å². The van der Waals surface area contributed by atoms with Crippen LogP contribution < -0.4 is 5.73 Å². The molecule has 0 fully saturated rings. The minimum Gasteiger partial charge on any atom is -0.395 e. The molecule has 1 aromatic rings. The summed E-state index contributed by atoms with van der Waals surface area (Å²) in [5.74, 6) is 2.32. The Balaban J connectivity index is 3.05. The van der Waals surface area contributed by atoms with Gasteiger partial charge in [0.15, 0.2) is 0 Å². The minimum atomic E-state index is -0.162. The van der Waals surface area contributed by atoms with Gasteiger partial charge in [0.05, 0.1) is 17.9 Å². The summed E-state index contributed by atoms with van der Waals surface area (Å²) >= 11 is 0. The van der Waals surface area contributed by atoms with Gasteiger partial charge in [0.1, 0.15) is 5.69 Å². The maximum absolute atomic E-state index is 12.3. The fraction of sp³-hybridized carbons (Fsp3) is 0.500. The number of nitrogen functional groups attached to an aromatic ring is 1. The molecule has 92 valence electrons. The molecule has 1 amide bonds. The van der Waals surface area contributed by atoms with Crippen LogP contribution in [0.5, 0.6) is 0 Å². The van der Waals surface area contributed by atoms with Crippen LogP contribution in [0.2, 0.25) is 0 Å². The number of rotatable bonds is 4. The van der Waals surface area contributed by atoms with E-state index in [9.17, 15) is 4.79 Å². The lowest BCUT2D eigenvalue weighted by Gasteiger charge is -2.19. The zero-order chi connectivity index (χ0) is 13.0. The summed E-state index contributed by atoms with van der Waals surface area (Å²) in [5, 5.41) is 4.13. The lowest BCUT2D eigenvalue weighted by atomic mass is 10.2. The second-order valence-corrected chi connectivity index (χ2v) is 3.90. The topological polar surface area (TPSA) is 64.2 Å². The molecule has 0 saturated heterocycles. The van der Waals surface area contributed by atoms with E-state index in [2.05, 4.69) is 11.0 Å². The van der Waals surface area contributed by atoms with Crippen LogP contribution in [0.3, 0.4) is 0 Å². The number of aryl methyl sites for hydroxylation is 2. The van der Waals surface area contributed by atoms with Crippen LogP contribution in [0.25, 0.3) is 0 Å². The van der Waals surface area contributed by atoms with E-state index < -0.39 is 0 Å². The van der Waals surface area contributed by atoms with Gasteiger partial charge in [-0.3, -0.25) is 9.48 Å². The molecule has 0 atom stereocenters. The molecular formula is C12H18N4O. The first-order valence-electron chi connectivity index (χ1n) is 5.54. The molecule has 0 aliphatic heterocycles. The molecule has 0 spiro atoms. The van der Waals surface area contributed by atoms with Gasteiger partial charge in [-0.05, 0) is 13.3 Å². The Hall–Kier alpha value is -1.96. The van der Waals surface area contributed by atoms with Gasteiger partial charge in [-0.1, -0.05) is 12.8 Å². The maximum Gasteiger partial charge on any atom is 0.275 e. The van der Waals surface area contributed by atoms with Gasteiger partial charge in [-0.2, -0.15) is 5.10 Å². The zero-order valence-corrected chi connectivity index (χ0v) is 10.5. The van der Waals surface area contributed by atoms with Gasteiger partial charge in [0.25, 0.3) is 5.91 Å². The van der Waals surface area contributed by atoms with Gasteiger partial charge < -0.3 is 10.6 Å². The number of amides is 1. The molecule has 0 saturated carbocycles. The molecule has 2 N–H and O–H groups in total. The maximum atomic E-state index is 12.3. The monoisotopic (exact) mass is 234 g/mol. The van der Waals surface area contributed by atoms with E-state index in [0.717, 1.165) is 6.42 Å². The highest BCUT2D eigenvalue weighted by atomic mass is 16.2. The molecule has 0 aromatic carbocycles. The summed E-state index contributed by atoms with van der Waals surface area (Å²) < 4.78 is 1.51. The Bertz CT molecular complexity index is 456. The van der Waals surface area contributed by atoms with Crippen molar-refractivity contribution in [3.05, 3.63) is 11.4 Å². The summed E-state index contributed by atoms with van der Waals surface area (Å²) in [6.45, 7) is 4.68. The van der Waals surface area contributed by atoms with Gasteiger partial charge in [-0.15, -0.1) is 6.42 Å². The summed E-state index contributed by atoms with van der Waals surface area (Å²) in [7, 11) is 1.70. The number of aromatic nitrogens is 2. The summed E-state index contributed by atoms with van der Waals surface area (Å²) in [6.07, 6.45) is 6.11. The zero-order valence-electron chi connectivity index (χ0n) is 10.5. The standard InChI is InChI=1S/C12H18N4O/c1-5-7-16(8-6-2)12(17)11-10(13)9(3)14-15(11)4/h1H,6-8,13H2,2-4H3. The lowest BCUT2D eigenvalue weighted by Crippen LogP contribution is -2.34. The van der Waals surface area contributed by atoms with E-state index >= 15 is 0 Å². The first-order chi connectivity index (χ1) is 8.02. The van der Waals surface area contributed by atoms with E-state index in [1.807, 2.05) is 6.92 Å². The van der Waals surface area contributed by atoms with Crippen LogP contribution in [0, 0.1) is 19.3 Å². The van der Waals surface area contributed by atoms with E-state index in [1.54, 1.807) is 18.9 Å². The number of carbonyl (C=O) groups excluding carboxylic acids is 1. The Labute approximate surface area is 102 Å². The largest absolute Gasteiger partial charge is 0.395 e. The lowest BCUT2D eigenvalue weighted by molar-refractivity contribution is 0.0767. The van der Waals surface area contributed by atoms with E-state index in [4.69, 9.17) is 12.2 Å². The van der Waals surface area contributed by atoms with Crippen LogP contribution in [-0.4, -0.2) is 33.7 Å². The molecule has 1 rings (SSSR count). The fourth-order valence-corrected chi connectivity index (χ4v) is 1.71. The molecule has 5 heteroatoms. The second-order valence-electron chi connectivity index (χ2n) is 3.90. The SMILES string of the molecule is C#CCN(CCC)C(=O)c1c(N)c(C)nn1C. The van der Waals surface area contributed by atoms with Gasteiger partial charge >= 0.3 is 0 Å².